The van der Waals surface area contributed by atoms with Gasteiger partial charge in [0.25, 0.3) is 5.91 Å². The Labute approximate surface area is 202 Å². The van der Waals surface area contributed by atoms with Gasteiger partial charge in [0.05, 0.1) is 16.9 Å². The maximum atomic E-state index is 12.6. The summed E-state index contributed by atoms with van der Waals surface area (Å²) in [6.45, 7) is 3.85. The van der Waals surface area contributed by atoms with Crippen molar-refractivity contribution in [1.82, 2.24) is 4.90 Å². The number of piperazine rings is 1. The highest BCUT2D eigenvalue weighted by atomic mass is 35.5. The summed E-state index contributed by atoms with van der Waals surface area (Å²) < 4.78 is 31.7. The molecular weight excluding hydrogens is 495 g/mol. The highest BCUT2D eigenvalue weighted by Gasteiger charge is 2.38. The molecule has 3 rings (SSSR count). The molecule has 0 aliphatic carbocycles. The lowest BCUT2D eigenvalue weighted by Crippen LogP contribution is -2.48. The van der Waals surface area contributed by atoms with Gasteiger partial charge in [-0.25, -0.2) is 9.59 Å². The van der Waals surface area contributed by atoms with Gasteiger partial charge in [0.1, 0.15) is 0 Å². The normalized spacial score (nSPS) is 13.4. The summed E-state index contributed by atoms with van der Waals surface area (Å²) in [5, 5.41) is 19.7. The molecule has 1 fully saturated rings. The first kappa shape index (κ1) is 27.4. The van der Waals surface area contributed by atoms with Crippen LogP contribution in [-0.4, -0.2) is 71.2 Å². The van der Waals surface area contributed by atoms with E-state index in [1.165, 1.54) is 19.1 Å². The minimum Gasteiger partial charge on any atom is -0.478 e. The monoisotopic (exact) mass is 515 g/mol. The molecule has 3 N–H and O–H groups in total. The topological polar surface area (TPSA) is 127 Å². The lowest BCUT2D eigenvalue weighted by molar-refractivity contribution is -0.192. The Hall–Kier alpha value is -3.80. The Bertz CT molecular complexity index is 1120. The van der Waals surface area contributed by atoms with Crippen molar-refractivity contribution < 1.29 is 42.6 Å². The molecule has 1 saturated heterocycles. The number of nitrogens with one attached hydrogen (secondary N) is 1. The lowest BCUT2D eigenvalue weighted by Gasteiger charge is -2.36. The number of alkyl halides is 3. The molecule has 0 bridgehead atoms. The standard InChI is InChI=1S/C20H20ClN3O4.C2HF3O2/c1-13(25)23-7-9-24(10-8-23)18-6-5-15(20(27)28)12-17(18)22-19(26)14-3-2-4-16(21)11-14;3-2(4,5)1(6)7/h2-6,11-12H,7-10H2,1H3,(H,22,26)(H,27,28);(H,6,7). The van der Waals surface area contributed by atoms with Gasteiger partial charge in [-0.15, -0.1) is 0 Å². The van der Waals surface area contributed by atoms with E-state index in [2.05, 4.69) is 5.32 Å². The number of aromatic carboxylic acids is 1. The average Bonchev–Trinajstić information content (AvgIpc) is 2.79. The number of benzene rings is 2. The zero-order chi connectivity index (χ0) is 26.3. The van der Waals surface area contributed by atoms with E-state index in [9.17, 15) is 32.7 Å². The molecule has 9 nitrogen and oxygen atoms in total. The van der Waals surface area contributed by atoms with Crippen molar-refractivity contribution in [3.05, 3.63) is 58.6 Å². The van der Waals surface area contributed by atoms with Crippen LogP contribution in [0.2, 0.25) is 5.02 Å². The van der Waals surface area contributed by atoms with Crippen LogP contribution in [0.1, 0.15) is 27.6 Å². The molecule has 0 saturated carbocycles. The summed E-state index contributed by atoms with van der Waals surface area (Å²) in [7, 11) is 0. The third-order valence-electron chi connectivity index (χ3n) is 4.89. The van der Waals surface area contributed by atoms with Gasteiger partial charge >= 0.3 is 18.1 Å². The quantitative estimate of drug-likeness (QED) is 0.568. The van der Waals surface area contributed by atoms with Crippen LogP contribution in [-0.2, 0) is 9.59 Å². The van der Waals surface area contributed by atoms with Crippen LogP contribution in [0.5, 0.6) is 0 Å². The Morgan fingerprint density at radius 1 is 0.943 bits per heavy atom. The summed E-state index contributed by atoms with van der Waals surface area (Å²) in [5.41, 5.74) is 1.57. The molecule has 1 aliphatic rings. The number of amides is 2. The molecular formula is C22H21ClF3N3O6. The van der Waals surface area contributed by atoms with Gasteiger partial charge in [0.2, 0.25) is 5.91 Å². The van der Waals surface area contributed by atoms with E-state index < -0.39 is 18.1 Å². The van der Waals surface area contributed by atoms with Gasteiger partial charge in [-0.05, 0) is 36.4 Å². The second-order valence-electron chi connectivity index (χ2n) is 7.30. The number of carbonyl (C=O) groups is 4. The predicted molar refractivity (Wildman–Crippen MR) is 121 cm³/mol. The highest BCUT2D eigenvalue weighted by Crippen LogP contribution is 2.29. The molecule has 2 aromatic carbocycles. The molecule has 13 heteroatoms. The van der Waals surface area contributed by atoms with Crippen LogP contribution in [0.25, 0.3) is 0 Å². The van der Waals surface area contributed by atoms with Gasteiger partial charge in [-0.3, -0.25) is 9.59 Å². The Morgan fingerprint density at radius 3 is 2.03 bits per heavy atom. The van der Waals surface area contributed by atoms with E-state index in [1.54, 1.807) is 35.2 Å². The predicted octanol–water partition coefficient (Wildman–Crippen LogP) is 3.59. The van der Waals surface area contributed by atoms with Crippen molar-refractivity contribution in [2.75, 3.05) is 36.4 Å². The lowest BCUT2D eigenvalue weighted by atomic mass is 10.1. The largest absolute Gasteiger partial charge is 0.490 e. The van der Waals surface area contributed by atoms with E-state index in [0.29, 0.717) is 48.1 Å². The van der Waals surface area contributed by atoms with Crippen molar-refractivity contribution in [2.45, 2.75) is 13.1 Å². The number of carboxylic acid groups (broad SMARTS) is 2. The van der Waals surface area contributed by atoms with Crippen LogP contribution in [0, 0.1) is 0 Å². The van der Waals surface area contributed by atoms with Crippen LogP contribution in [0.3, 0.4) is 0 Å². The molecule has 0 radical (unpaired) electrons. The molecule has 2 amide bonds. The third kappa shape index (κ3) is 7.88. The van der Waals surface area contributed by atoms with Crippen molar-refractivity contribution in [2.24, 2.45) is 0 Å². The Balaban J connectivity index is 0.000000540. The van der Waals surface area contributed by atoms with Crippen molar-refractivity contribution in [3.8, 4) is 0 Å². The van der Waals surface area contributed by atoms with E-state index >= 15 is 0 Å². The minimum absolute atomic E-state index is 0.0235. The number of hydrogen-bond acceptors (Lipinski definition) is 5. The number of rotatable bonds is 4. The van der Waals surface area contributed by atoms with E-state index in [-0.39, 0.29) is 17.4 Å². The van der Waals surface area contributed by atoms with Crippen LogP contribution in [0.4, 0.5) is 24.5 Å². The molecule has 1 aliphatic heterocycles. The van der Waals surface area contributed by atoms with Gasteiger partial charge < -0.3 is 25.3 Å². The zero-order valence-electron chi connectivity index (χ0n) is 18.3. The summed E-state index contributed by atoms with van der Waals surface area (Å²) in [5.74, 6) is -4.19. The fraction of sp³-hybridized carbons (Fsp3) is 0.273. The second-order valence-corrected chi connectivity index (χ2v) is 7.73. The number of hydrogen-bond donors (Lipinski definition) is 3. The molecule has 0 aromatic heterocycles. The Morgan fingerprint density at radius 2 is 1.54 bits per heavy atom. The van der Waals surface area contributed by atoms with E-state index in [1.807, 2.05) is 4.90 Å². The first-order valence-electron chi connectivity index (χ1n) is 10.0. The number of halogens is 4. The number of aliphatic carboxylic acids is 1. The zero-order valence-corrected chi connectivity index (χ0v) is 19.1. The van der Waals surface area contributed by atoms with Crippen molar-refractivity contribution in [1.29, 1.82) is 0 Å². The highest BCUT2D eigenvalue weighted by molar-refractivity contribution is 6.31. The number of carbonyl (C=O) groups excluding carboxylic acids is 2. The summed E-state index contributed by atoms with van der Waals surface area (Å²) in [6.07, 6.45) is -5.08. The smallest absolute Gasteiger partial charge is 0.478 e. The average molecular weight is 516 g/mol. The third-order valence-corrected chi connectivity index (χ3v) is 5.12. The van der Waals surface area contributed by atoms with Gasteiger partial charge in [0, 0.05) is 43.7 Å². The number of anilines is 2. The molecule has 2 aromatic rings. The van der Waals surface area contributed by atoms with Crippen LogP contribution in [0.15, 0.2) is 42.5 Å². The summed E-state index contributed by atoms with van der Waals surface area (Å²) in [4.78, 5) is 48.2. The van der Waals surface area contributed by atoms with Crippen molar-refractivity contribution >= 4 is 46.7 Å². The first-order valence-corrected chi connectivity index (χ1v) is 10.4. The minimum atomic E-state index is -5.08. The summed E-state index contributed by atoms with van der Waals surface area (Å²) >= 11 is 5.95. The molecule has 1 heterocycles. The molecule has 35 heavy (non-hydrogen) atoms. The maximum absolute atomic E-state index is 12.6. The first-order chi connectivity index (χ1) is 16.3. The van der Waals surface area contributed by atoms with Crippen LogP contribution >= 0.6 is 11.6 Å². The van der Waals surface area contributed by atoms with E-state index in [0.717, 1.165) is 0 Å². The van der Waals surface area contributed by atoms with Gasteiger partial charge in [-0.1, -0.05) is 17.7 Å². The maximum Gasteiger partial charge on any atom is 0.490 e. The molecule has 188 valence electrons. The molecule has 0 atom stereocenters. The molecule has 0 spiro atoms. The number of nitrogens with zero attached hydrogens (tertiary/aromatic N) is 2. The second kappa shape index (κ2) is 11.6. The van der Waals surface area contributed by atoms with Gasteiger partial charge in [-0.2, -0.15) is 13.2 Å². The fourth-order valence-electron chi connectivity index (χ4n) is 3.13. The SMILES string of the molecule is CC(=O)N1CCN(c2ccc(C(=O)O)cc2NC(=O)c2cccc(Cl)c2)CC1.O=C(O)C(F)(F)F. The Kier molecular flexibility index (Phi) is 9.06. The van der Waals surface area contributed by atoms with Crippen LogP contribution < -0.4 is 10.2 Å². The van der Waals surface area contributed by atoms with Crippen molar-refractivity contribution in [3.63, 3.8) is 0 Å². The number of carboxylic acids is 2. The van der Waals surface area contributed by atoms with Gasteiger partial charge in [0.15, 0.2) is 0 Å². The molecule has 0 unspecified atom stereocenters. The van der Waals surface area contributed by atoms with E-state index in [4.69, 9.17) is 21.5 Å². The fourth-order valence-corrected chi connectivity index (χ4v) is 3.32. The summed E-state index contributed by atoms with van der Waals surface area (Å²) in [6, 6.07) is 11.1.